The minimum absolute atomic E-state index is 0.0654. The van der Waals surface area contributed by atoms with Gasteiger partial charge >= 0.3 is 6.09 Å². The van der Waals surface area contributed by atoms with Crippen LogP contribution in [0, 0.1) is 17.2 Å². The normalized spacial score (nSPS) is 11.0. The van der Waals surface area contributed by atoms with Gasteiger partial charge in [0.05, 0.1) is 29.5 Å². The van der Waals surface area contributed by atoms with Crippen molar-refractivity contribution in [3.63, 3.8) is 0 Å². The number of benzene rings is 2. The number of aryl methyl sites for hydroxylation is 1. The summed E-state index contributed by atoms with van der Waals surface area (Å²) in [4.78, 5) is 12.1. The fourth-order valence-electron chi connectivity index (χ4n) is 3.56. The number of carbonyl (C=O) groups excluding carboxylic acids is 1. The molecule has 0 fully saturated rings. The zero-order valence-electron chi connectivity index (χ0n) is 18.7. The SMILES string of the molecule is CCn1c(-c2cccc(NC(=O)OCC(C)C)c2)c(C#N)c2ccc(OC(C)C)cc21. The number of amides is 1. The summed E-state index contributed by atoms with van der Waals surface area (Å²) in [7, 11) is 0. The van der Waals surface area contributed by atoms with E-state index in [0.717, 1.165) is 27.9 Å². The molecule has 6 nitrogen and oxygen atoms in total. The van der Waals surface area contributed by atoms with Crippen molar-refractivity contribution in [3.05, 3.63) is 48.0 Å². The van der Waals surface area contributed by atoms with E-state index < -0.39 is 6.09 Å². The van der Waals surface area contributed by atoms with Crippen LogP contribution in [0.15, 0.2) is 42.5 Å². The Balaban J connectivity index is 2.04. The van der Waals surface area contributed by atoms with Crippen LogP contribution in [0.5, 0.6) is 5.75 Å². The minimum Gasteiger partial charge on any atom is -0.491 e. The van der Waals surface area contributed by atoms with Gasteiger partial charge in [0.2, 0.25) is 0 Å². The summed E-state index contributed by atoms with van der Waals surface area (Å²) in [6.45, 7) is 11.0. The second-order valence-electron chi connectivity index (χ2n) is 8.12. The number of nitrogens with one attached hydrogen (secondary N) is 1. The van der Waals surface area contributed by atoms with Crippen molar-refractivity contribution >= 4 is 22.7 Å². The maximum Gasteiger partial charge on any atom is 0.411 e. The Kier molecular flexibility index (Phi) is 6.86. The molecule has 6 heteroatoms. The standard InChI is InChI=1S/C25H29N3O3/c1-6-28-23-13-20(31-17(4)5)10-11-21(23)22(14-26)24(28)18-8-7-9-19(12-18)27-25(29)30-15-16(2)3/h7-13,16-17H,6,15H2,1-5H3,(H,27,29). The highest BCUT2D eigenvalue weighted by molar-refractivity contribution is 5.96. The van der Waals surface area contributed by atoms with Gasteiger partial charge in [0, 0.05) is 29.2 Å². The molecule has 162 valence electrons. The van der Waals surface area contributed by atoms with Crippen molar-refractivity contribution in [2.24, 2.45) is 5.92 Å². The van der Waals surface area contributed by atoms with Crippen LogP contribution in [-0.4, -0.2) is 23.4 Å². The van der Waals surface area contributed by atoms with Gasteiger partial charge in [-0.1, -0.05) is 26.0 Å². The molecular weight excluding hydrogens is 390 g/mol. The molecule has 0 aliphatic heterocycles. The summed E-state index contributed by atoms with van der Waals surface area (Å²) in [5.74, 6) is 1.04. The maximum absolute atomic E-state index is 12.1. The first-order valence-electron chi connectivity index (χ1n) is 10.6. The van der Waals surface area contributed by atoms with Gasteiger partial charge in [0.25, 0.3) is 0 Å². The van der Waals surface area contributed by atoms with Crippen LogP contribution in [0.4, 0.5) is 10.5 Å². The van der Waals surface area contributed by atoms with Gasteiger partial charge in [-0.2, -0.15) is 5.26 Å². The lowest BCUT2D eigenvalue weighted by Gasteiger charge is -2.13. The summed E-state index contributed by atoms with van der Waals surface area (Å²) in [6, 6.07) is 15.7. The number of carbonyl (C=O) groups is 1. The molecule has 31 heavy (non-hydrogen) atoms. The second kappa shape index (κ2) is 9.57. The van der Waals surface area contributed by atoms with Gasteiger partial charge in [-0.05, 0) is 51.0 Å². The third-order valence-corrected chi connectivity index (χ3v) is 4.77. The number of nitriles is 1. The van der Waals surface area contributed by atoms with E-state index in [1.165, 1.54) is 0 Å². The fraction of sp³-hybridized carbons (Fsp3) is 0.360. The molecule has 1 amide bonds. The predicted octanol–water partition coefficient (Wildman–Crippen LogP) is 6.19. The molecule has 1 N–H and O–H groups in total. The molecule has 0 radical (unpaired) electrons. The smallest absolute Gasteiger partial charge is 0.411 e. The lowest BCUT2D eigenvalue weighted by atomic mass is 10.1. The number of ether oxygens (including phenoxy) is 2. The van der Waals surface area contributed by atoms with E-state index in [0.29, 0.717) is 24.4 Å². The first-order chi connectivity index (χ1) is 14.8. The molecule has 0 atom stereocenters. The highest BCUT2D eigenvalue weighted by atomic mass is 16.5. The summed E-state index contributed by atoms with van der Waals surface area (Å²) < 4.78 is 13.2. The topological polar surface area (TPSA) is 76.3 Å². The van der Waals surface area contributed by atoms with E-state index in [2.05, 4.69) is 16.0 Å². The molecule has 0 aliphatic rings. The third kappa shape index (κ3) is 5.00. The Bertz CT molecular complexity index is 1120. The van der Waals surface area contributed by atoms with Gasteiger partial charge in [0.15, 0.2) is 0 Å². The molecule has 2 aromatic carbocycles. The van der Waals surface area contributed by atoms with Crippen molar-refractivity contribution < 1.29 is 14.3 Å². The largest absolute Gasteiger partial charge is 0.491 e. The molecule has 0 unspecified atom stereocenters. The van der Waals surface area contributed by atoms with E-state index >= 15 is 0 Å². The monoisotopic (exact) mass is 419 g/mol. The van der Waals surface area contributed by atoms with Crippen molar-refractivity contribution in [3.8, 4) is 23.1 Å². The molecule has 3 aromatic rings. The van der Waals surface area contributed by atoms with Gasteiger partial charge in [-0.3, -0.25) is 5.32 Å². The number of aromatic nitrogens is 1. The molecule has 0 saturated carbocycles. The first kappa shape index (κ1) is 22.2. The highest BCUT2D eigenvalue weighted by Gasteiger charge is 2.19. The molecule has 0 aliphatic carbocycles. The number of rotatable bonds is 7. The predicted molar refractivity (Wildman–Crippen MR) is 123 cm³/mol. The van der Waals surface area contributed by atoms with Crippen LogP contribution in [0.3, 0.4) is 0 Å². The molecule has 1 aromatic heterocycles. The zero-order valence-corrected chi connectivity index (χ0v) is 18.7. The van der Waals surface area contributed by atoms with Crippen LogP contribution in [0.2, 0.25) is 0 Å². The van der Waals surface area contributed by atoms with Crippen LogP contribution >= 0.6 is 0 Å². The van der Waals surface area contributed by atoms with E-state index in [1.807, 2.05) is 71.0 Å². The number of fused-ring (bicyclic) bond motifs is 1. The Hall–Kier alpha value is -3.46. The number of anilines is 1. The van der Waals surface area contributed by atoms with Crippen molar-refractivity contribution in [2.75, 3.05) is 11.9 Å². The zero-order chi connectivity index (χ0) is 22.5. The number of hydrogen-bond donors (Lipinski definition) is 1. The molecule has 0 spiro atoms. The summed E-state index contributed by atoms with van der Waals surface area (Å²) in [6.07, 6.45) is -0.423. The fourth-order valence-corrected chi connectivity index (χ4v) is 3.56. The average molecular weight is 420 g/mol. The Morgan fingerprint density at radius 1 is 1.16 bits per heavy atom. The minimum atomic E-state index is -0.488. The van der Waals surface area contributed by atoms with Gasteiger partial charge < -0.3 is 14.0 Å². The maximum atomic E-state index is 12.1. The quantitative estimate of drug-likeness (QED) is 0.495. The first-order valence-corrected chi connectivity index (χ1v) is 10.6. The second-order valence-corrected chi connectivity index (χ2v) is 8.12. The number of hydrogen-bond acceptors (Lipinski definition) is 4. The Morgan fingerprint density at radius 2 is 1.94 bits per heavy atom. The summed E-state index contributed by atoms with van der Waals surface area (Å²) >= 11 is 0. The van der Waals surface area contributed by atoms with Gasteiger partial charge in [-0.25, -0.2) is 4.79 Å². The molecular formula is C25H29N3O3. The lowest BCUT2D eigenvalue weighted by molar-refractivity contribution is 0.147. The van der Waals surface area contributed by atoms with E-state index in [1.54, 1.807) is 6.07 Å². The Morgan fingerprint density at radius 3 is 2.58 bits per heavy atom. The van der Waals surface area contributed by atoms with Gasteiger partial charge in [0.1, 0.15) is 11.8 Å². The van der Waals surface area contributed by atoms with E-state index in [4.69, 9.17) is 9.47 Å². The van der Waals surface area contributed by atoms with E-state index in [9.17, 15) is 10.1 Å². The van der Waals surface area contributed by atoms with Crippen molar-refractivity contribution in [1.29, 1.82) is 5.26 Å². The average Bonchev–Trinajstić information content (AvgIpc) is 3.04. The number of nitrogens with zero attached hydrogens (tertiary/aromatic N) is 2. The van der Waals surface area contributed by atoms with Crippen molar-refractivity contribution in [2.45, 2.75) is 47.3 Å². The van der Waals surface area contributed by atoms with Crippen LogP contribution in [0.25, 0.3) is 22.2 Å². The van der Waals surface area contributed by atoms with Gasteiger partial charge in [-0.15, -0.1) is 0 Å². The third-order valence-electron chi connectivity index (χ3n) is 4.77. The molecule has 3 rings (SSSR count). The molecule has 1 heterocycles. The lowest BCUT2D eigenvalue weighted by Crippen LogP contribution is -2.16. The highest BCUT2D eigenvalue weighted by Crippen LogP contribution is 2.36. The molecule has 0 saturated heterocycles. The van der Waals surface area contributed by atoms with Crippen LogP contribution in [0.1, 0.15) is 40.2 Å². The van der Waals surface area contributed by atoms with Crippen LogP contribution in [-0.2, 0) is 11.3 Å². The van der Waals surface area contributed by atoms with Crippen LogP contribution < -0.4 is 10.1 Å². The Labute approximate surface area is 183 Å². The summed E-state index contributed by atoms with van der Waals surface area (Å²) in [5, 5.41) is 13.6. The molecule has 0 bridgehead atoms. The van der Waals surface area contributed by atoms with Crippen molar-refractivity contribution in [1.82, 2.24) is 4.57 Å². The summed E-state index contributed by atoms with van der Waals surface area (Å²) in [5.41, 5.74) is 3.84. The van der Waals surface area contributed by atoms with E-state index in [-0.39, 0.29) is 12.0 Å².